The van der Waals surface area contributed by atoms with Gasteiger partial charge in [0.2, 0.25) is 0 Å². The summed E-state index contributed by atoms with van der Waals surface area (Å²) < 4.78 is 10.6. The summed E-state index contributed by atoms with van der Waals surface area (Å²) in [7, 11) is 2.07. The Hall–Kier alpha value is -1.86. The van der Waals surface area contributed by atoms with Crippen LogP contribution in [0.4, 0.5) is 11.5 Å². The predicted molar refractivity (Wildman–Crippen MR) is 80.3 cm³/mol. The van der Waals surface area contributed by atoms with Crippen LogP contribution in [0.1, 0.15) is 17.3 Å². The first-order valence-electron chi connectivity index (χ1n) is 7.06. The standard InChI is InChI=1S/C14H22N4O3/c1-3-20-14(19)11-6-13(17-8-12(11)15)16-7-10-9-18(2)4-5-21-10/h6,8,10H,3-5,7,9,15H2,1-2H3,(H,16,17). The summed E-state index contributed by atoms with van der Waals surface area (Å²) in [5.74, 6) is 0.151. The molecule has 0 radical (unpaired) electrons. The van der Waals surface area contributed by atoms with Gasteiger partial charge in [-0.25, -0.2) is 9.78 Å². The number of nitrogens with two attached hydrogens (primary N) is 1. The zero-order chi connectivity index (χ0) is 15.2. The highest BCUT2D eigenvalue weighted by atomic mass is 16.5. The van der Waals surface area contributed by atoms with E-state index in [0.29, 0.717) is 30.2 Å². The normalized spacial score (nSPS) is 19.2. The van der Waals surface area contributed by atoms with E-state index in [1.54, 1.807) is 13.0 Å². The second kappa shape index (κ2) is 7.24. The number of nitrogens with zero attached hydrogens (tertiary/aromatic N) is 2. The van der Waals surface area contributed by atoms with Crippen molar-refractivity contribution >= 4 is 17.5 Å². The van der Waals surface area contributed by atoms with Crippen LogP contribution in [0.5, 0.6) is 0 Å². The van der Waals surface area contributed by atoms with Crippen molar-refractivity contribution in [3.8, 4) is 0 Å². The second-order valence-electron chi connectivity index (χ2n) is 5.01. The SMILES string of the molecule is CCOC(=O)c1cc(NCC2CN(C)CCO2)ncc1N. The van der Waals surface area contributed by atoms with Crippen molar-refractivity contribution in [2.45, 2.75) is 13.0 Å². The number of pyridine rings is 1. The van der Waals surface area contributed by atoms with Crippen LogP contribution in [-0.2, 0) is 9.47 Å². The van der Waals surface area contributed by atoms with Crippen LogP contribution in [0.2, 0.25) is 0 Å². The topological polar surface area (TPSA) is 89.7 Å². The largest absolute Gasteiger partial charge is 0.462 e. The summed E-state index contributed by atoms with van der Waals surface area (Å²) in [4.78, 5) is 18.2. The second-order valence-corrected chi connectivity index (χ2v) is 5.01. The average molecular weight is 294 g/mol. The lowest BCUT2D eigenvalue weighted by Crippen LogP contribution is -2.43. The van der Waals surface area contributed by atoms with Gasteiger partial charge < -0.3 is 25.4 Å². The molecule has 2 heterocycles. The minimum Gasteiger partial charge on any atom is -0.462 e. The Morgan fingerprint density at radius 1 is 1.67 bits per heavy atom. The lowest BCUT2D eigenvalue weighted by atomic mass is 10.2. The molecule has 1 atom stereocenters. The summed E-state index contributed by atoms with van der Waals surface area (Å²) in [6.45, 7) is 5.24. The van der Waals surface area contributed by atoms with E-state index in [2.05, 4.69) is 22.2 Å². The molecule has 1 unspecified atom stereocenters. The Kier molecular flexibility index (Phi) is 5.35. The third-order valence-corrected chi connectivity index (χ3v) is 3.28. The number of carbonyl (C=O) groups excluding carboxylic acids is 1. The van der Waals surface area contributed by atoms with Crippen LogP contribution in [0.25, 0.3) is 0 Å². The fourth-order valence-electron chi connectivity index (χ4n) is 2.16. The number of nitrogen functional groups attached to an aromatic ring is 1. The minimum atomic E-state index is -0.436. The molecule has 1 aliphatic rings. The molecule has 116 valence electrons. The number of nitrogens with one attached hydrogen (secondary N) is 1. The molecule has 0 amide bonds. The van der Waals surface area contributed by atoms with Gasteiger partial charge in [0.1, 0.15) is 5.82 Å². The van der Waals surface area contributed by atoms with Crippen LogP contribution < -0.4 is 11.1 Å². The molecule has 2 rings (SSSR count). The number of anilines is 2. The highest BCUT2D eigenvalue weighted by Crippen LogP contribution is 2.16. The Balaban J connectivity index is 1.97. The number of hydrogen-bond donors (Lipinski definition) is 2. The van der Waals surface area contributed by atoms with Crippen LogP contribution in [0.3, 0.4) is 0 Å². The van der Waals surface area contributed by atoms with Crippen molar-refractivity contribution in [2.75, 3.05) is 50.9 Å². The third kappa shape index (κ3) is 4.30. The zero-order valence-electron chi connectivity index (χ0n) is 12.5. The molecule has 1 fully saturated rings. The van der Waals surface area contributed by atoms with Crippen LogP contribution in [0.15, 0.2) is 12.3 Å². The van der Waals surface area contributed by atoms with Gasteiger partial charge in [0.25, 0.3) is 0 Å². The van der Waals surface area contributed by atoms with Crippen LogP contribution in [0, 0.1) is 0 Å². The number of hydrogen-bond acceptors (Lipinski definition) is 7. The first-order chi connectivity index (χ1) is 10.1. The molecule has 1 aromatic heterocycles. The van der Waals surface area contributed by atoms with E-state index in [1.807, 2.05) is 0 Å². The van der Waals surface area contributed by atoms with Gasteiger partial charge in [-0.1, -0.05) is 0 Å². The van der Waals surface area contributed by atoms with Gasteiger partial charge in [-0.3, -0.25) is 0 Å². The fraction of sp³-hybridized carbons (Fsp3) is 0.571. The maximum absolute atomic E-state index is 11.8. The van der Waals surface area contributed by atoms with E-state index in [4.69, 9.17) is 15.2 Å². The monoisotopic (exact) mass is 294 g/mol. The summed E-state index contributed by atoms with van der Waals surface area (Å²) in [5, 5.41) is 3.17. The van der Waals surface area contributed by atoms with E-state index in [-0.39, 0.29) is 6.10 Å². The predicted octanol–water partition coefficient (Wildman–Crippen LogP) is 0.583. The Bertz CT molecular complexity index is 495. The van der Waals surface area contributed by atoms with Crippen molar-refractivity contribution in [3.63, 3.8) is 0 Å². The van der Waals surface area contributed by atoms with Gasteiger partial charge in [-0.2, -0.15) is 0 Å². The number of likely N-dealkylation sites (N-methyl/N-ethyl adjacent to an activating group) is 1. The van der Waals surface area contributed by atoms with E-state index >= 15 is 0 Å². The zero-order valence-corrected chi connectivity index (χ0v) is 12.5. The average Bonchev–Trinajstić information content (AvgIpc) is 2.46. The lowest BCUT2D eigenvalue weighted by molar-refractivity contribution is -0.0117. The Labute approximate surface area is 124 Å². The van der Waals surface area contributed by atoms with Crippen molar-refractivity contribution in [3.05, 3.63) is 17.8 Å². The fourth-order valence-corrected chi connectivity index (χ4v) is 2.16. The number of morpholine rings is 1. The lowest BCUT2D eigenvalue weighted by Gasteiger charge is -2.30. The number of aromatic nitrogens is 1. The molecule has 0 aromatic carbocycles. The van der Waals surface area contributed by atoms with Gasteiger partial charge in [-0.15, -0.1) is 0 Å². The summed E-state index contributed by atoms with van der Waals surface area (Å²) in [6.07, 6.45) is 1.57. The van der Waals surface area contributed by atoms with E-state index in [1.165, 1.54) is 6.20 Å². The molecule has 1 aliphatic heterocycles. The molecule has 7 nitrogen and oxygen atoms in total. The van der Waals surface area contributed by atoms with Gasteiger partial charge in [0.05, 0.1) is 36.8 Å². The van der Waals surface area contributed by atoms with Crippen LogP contribution >= 0.6 is 0 Å². The molecule has 0 spiro atoms. The number of ether oxygens (including phenoxy) is 2. The maximum Gasteiger partial charge on any atom is 0.340 e. The Morgan fingerprint density at radius 2 is 2.48 bits per heavy atom. The molecule has 0 saturated carbocycles. The molecule has 0 bridgehead atoms. The molecule has 0 aliphatic carbocycles. The van der Waals surface area contributed by atoms with E-state index in [9.17, 15) is 4.79 Å². The highest BCUT2D eigenvalue weighted by Gasteiger charge is 2.18. The first kappa shape index (κ1) is 15.5. The molecule has 1 aromatic rings. The number of carbonyl (C=O) groups is 1. The first-order valence-corrected chi connectivity index (χ1v) is 7.06. The van der Waals surface area contributed by atoms with Crippen LogP contribution in [-0.4, -0.2) is 61.9 Å². The van der Waals surface area contributed by atoms with Crippen molar-refractivity contribution < 1.29 is 14.3 Å². The van der Waals surface area contributed by atoms with E-state index in [0.717, 1.165) is 19.7 Å². The highest BCUT2D eigenvalue weighted by molar-refractivity contribution is 5.95. The molecule has 21 heavy (non-hydrogen) atoms. The molecule has 1 saturated heterocycles. The Morgan fingerprint density at radius 3 is 3.19 bits per heavy atom. The number of esters is 1. The molecule has 3 N–H and O–H groups in total. The maximum atomic E-state index is 11.8. The number of rotatable bonds is 5. The van der Waals surface area contributed by atoms with Crippen molar-refractivity contribution in [2.24, 2.45) is 0 Å². The quantitative estimate of drug-likeness (QED) is 0.768. The molecular weight excluding hydrogens is 272 g/mol. The smallest absolute Gasteiger partial charge is 0.340 e. The molecular formula is C14H22N4O3. The van der Waals surface area contributed by atoms with Crippen molar-refractivity contribution in [1.82, 2.24) is 9.88 Å². The van der Waals surface area contributed by atoms with Gasteiger partial charge in [0, 0.05) is 19.6 Å². The van der Waals surface area contributed by atoms with E-state index < -0.39 is 5.97 Å². The van der Waals surface area contributed by atoms with Crippen molar-refractivity contribution in [1.29, 1.82) is 0 Å². The van der Waals surface area contributed by atoms with Gasteiger partial charge in [-0.05, 0) is 20.0 Å². The third-order valence-electron chi connectivity index (χ3n) is 3.28. The minimum absolute atomic E-state index is 0.106. The summed E-state index contributed by atoms with van der Waals surface area (Å²) in [5.41, 5.74) is 6.40. The summed E-state index contributed by atoms with van der Waals surface area (Å²) >= 11 is 0. The summed E-state index contributed by atoms with van der Waals surface area (Å²) in [6, 6.07) is 1.61. The van der Waals surface area contributed by atoms with Gasteiger partial charge >= 0.3 is 5.97 Å². The van der Waals surface area contributed by atoms with Gasteiger partial charge in [0.15, 0.2) is 0 Å². The molecule has 7 heteroatoms.